The molecule has 0 atom stereocenters. The first kappa shape index (κ1) is 12.5. The second-order valence-electron chi connectivity index (χ2n) is 4.83. The molecule has 0 aromatic heterocycles. The second kappa shape index (κ2) is 6.11. The molecule has 0 aliphatic carbocycles. The maximum Gasteiger partial charge on any atom is 0.0401 e. The Morgan fingerprint density at radius 3 is 1.50 bits per heavy atom. The van der Waals surface area contributed by atoms with Crippen LogP contribution in [0.5, 0.6) is 0 Å². The smallest absolute Gasteiger partial charge is 0.0401 e. The van der Waals surface area contributed by atoms with Gasteiger partial charge in [-0.1, -0.05) is 48.5 Å². The van der Waals surface area contributed by atoms with Crippen molar-refractivity contribution in [3.63, 3.8) is 0 Å². The summed E-state index contributed by atoms with van der Waals surface area (Å²) in [4.78, 5) is 0. The van der Waals surface area contributed by atoms with Crippen LogP contribution >= 0.6 is 0 Å². The maximum atomic E-state index is 3.16. The predicted molar refractivity (Wildman–Crippen MR) is 84.6 cm³/mol. The average molecular weight is 262 g/mol. The Kier molecular flexibility index (Phi) is 3.83. The molecule has 0 spiro atoms. The van der Waals surface area contributed by atoms with Crippen molar-refractivity contribution in [2.75, 3.05) is 0 Å². The maximum absolute atomic E-state index is 3.16. The molecule has 0 amide bonds. The van der Waals surface area contributed by atoms with Crippen molar-refractivity contribution in [3.05, 3.63) is 83.2 Å². The molecular weight excluding hydrogens is 244 g/mol. The molecule has 0 radical (unpaired) electrons. The number of rotatable bonds is 0. The van der Waals surface area contributed by atoms with E-state index < -0.39 is 0 Å². The summed E-state index contributed by atoms with van der Waals surface area (Å²) in [5.41, 5.74) is 5.43. The SMILES string of the molecule is C1=Cc2ccccc2CN1.C1=Cc2ccccc2CN1. The van der Waals surface area contributed by atoms with Crippen molar-refractivity contribution in [1.82, 2.24) is 10.6 Å². The lowest BCUT2D eigenvalue weighted by Gasteiger charge is -2.10. The summed E-state index contributed by atoms with van der Waals surface area (Å²) in [6, 6.07) is 16.8. The molecule has 4 rings (SSSR count). The van der Waals surface area contributed by atoms with E-state index in [4.69, 9.17) is 0 Å². The Bertz CT molecular complexity index is 584. The van der Waals surface area contributed by atoms with Crippen LogP contribution in [0.3, 0.4) is 0 Å². The van der Waals surface area contributed by atoms with Gasteiger partial charge >= 0.3 is 0 Å². The highest BCUT2D eigenvalue weighted by Crippen LogP contribution is 2.13. The van der Waals surface area contributed by atoms with Crippen LogP contribution in [-0.2, 0) is 13.1 Å². The van der Waals surface area contributed by atoms with Crippen LogP contribution in [0.2, 0.25) is 0 Å². The number of fused-ring (bicyclic) bond motifs is 2. The first-order valence-corrected chi connectivity index (χ1v) is 6.89. The van der Waals surface area contributed by atoms with E-state index in [1.165, 1.54) is 22.3 Å². The van der Waals surface area contributed by atoms with Crippen LogP contribution < -0.4 is 10.6 Å². The molecule has 2 heteroatoms. The topological polar surface area (TPSA) is 24.1 Å². The minimum atomic E-state index is 0.965. The van der Waals surface area contributed by atoms with Gasteiger partial charge in [-0.25, -0.2) is 0 Å². The Labute approximate surface area is 119 Å². The van der Waals surface area contributed by atoms with Crippen molar-refractivity contribution in [3.8, 4) is 0 Å². The summed E-state index contributed by atoms with van der Waals surface area (Å²) in [5, 5.41) is 6.32. The Morgan fingerprint density at radius 2 is 1.05 bits per heavy atom. The normalized spacial score (nSPS) is 14.0. The Hall–Kier alpha value is -2.48. The summed E-state index contributed by atoms with van der Waals surface area (Å²) >= 11 is 0. The van der Waals surface area contributed by atoms with E-state index in [0.29, 0.717) is 0 Å². The van der Waals surface area contributed by atoms with E-state index in [9.17, 15) is 0 Å². The Morgan fingerprint density at radius 1 is 0.600 bits per heavy atom. The molecule has 2 aliphatic heterocycles. The van der Waals surface area contributed by atoms with Gasteiger partial charge in [0.25, 0.3) is 0 Å². The lowest BCUT2D eigenvalue weighted by molar-refractivity contribution is 0.859. The molecule has 2 heterocycles. The van der Waals surface area contributed by atoms with Gasteiger partial charge in [-0.2, -0.15) is 0 Å². The Balaban J connectivity index is 0.000000121. The average Bonchev–Trinajstić information content (AvgIpc) is 2.56. The summed E-state index contributed by atoms with van der Waals surface area (Å²) in [5.74, 6) is 0. The van der Waals surface area contributed by atoms with Crippen LogP contribution in [0.25, 0.3) is 12.2 Å². The van der Waals surface area contributed by atoms with E-state index in [1.54, 1.807) is 0 Å². The van der Waals surface area contributed by atoms with Crippen LogP contribution in [0.1, 0.15) is 22.3 Å². The molecule has 2 nitrogen and oxygen atoms in total. The molecular formula is C18H18N2. The van der Waals surface area contributed by atoms with Gasteiger partial charge in [-0.15, -0.1) is 0 Å². The molecule has 0 bridgehead atoms. The first-order chi connectivity index (χ1) is 9.93. The zero-order valence-electron chi connectivity index (χ0n) is 11.3. The van der Waals surface area contributed by atoms with Crippen LogP contribution in [0, 0.1) is 0 Å². The lowest BCUT2D eigenvalue weighted by atomic mass is 10.1. The van der Waals surface area contributed by atoms with Crippen molar-refractivity contribution in [2.24, 2.45) is 0 Å². The number of hydrogen-bond acceptors (Lipinski definition) is 2. The van der Waals surface area contributed by atoms with Gasteiger partial charge in [0, 0.05) is 13.1 Å². The van der Waals surface area contributed by atoms with Gasteiger partial charge in [0.05, 0.1) is 0 Å². The third-order valence-electron chi connectivity index (χ3n) is 3.46. The van der Waals surface area contributed by atoms with Gasteiger partial charge in [-0.05, 0) is 46.8 Å². The van der Waals surface area contributed by atoms with Crippen LogP contribution in [0.15, 0.2) is 60.9 Å². The van der Waals surface area contributed by atoms with Gasteiger partial charge in [-0.3, -0.25) is 0 Å². The van der Waals surface area contributed by atoms with Crippen LogP contribution in [-0.4, -0.2) is 0 Å². The van der Waals surface area contributed by atoms with Crippen molar-refractivity contribution < 1.29 is 0 Å². The standard InChI is InChI=1S/2C9H9N/c2*1-2-4-9-7-10-6-5-8(9)3-1/h2*1-6,10H,7H2. The minimum absolute atomic E-state index is 0.965. The molecule has 0 saturated heterocycles. The molecule has 20 heavy (non-hydrogen) atoms. The summed E-state index contributed by atoms with van der Waals surface area (Å²) < 4.78 is 0. The third kappa shape index (κ3) is 2.91. The number of nitrogens with one attached hydrogen (secondary N) is 2. The molecule has 2 aliphatic rings. The van der Waals surface area contributed by atoms with Gasteiger partial charge in [0.2, 0.25) is 0 Å². The fraction of sp³-hybridized carbons (Fsp3) is 0.111. The summed E-state index contributed by atoms with van der Waals surface area (Å²) in [7, 11) is 0. The molecule has 2 aromatic carbocycles. The molecule has 0 unspecified atom stereocenters. The quantitative estimate of drug-likeness (QED) is 0.759. The molecule has 2 aromatic rings. The third-order valence-corrected chi connectivity index (χ3v) is 3.46. The van der Waals surface area contributed by atoms with E-state index >= 15 is 0 Å². The van der Waals surface area contributed by atoms with Crippen LogP contribution in [0.4, 0.5) is 0 Å². The number of hydrogen-bond donors (Lipinski definition) is 2. The monoisotopic (exact) mass is 262 g/mol. The van der Waals surface area contributed by atoms with Crippen molar-refractivity contribution in [1.29, 1.82) is 0 Å². The highest BCUT2D eigenvalue weighted by atomic mass is 14.8. The second-order valence-corrected chi connectivity index (χ2v) is 4.83. The first-order valence-electron chi connectivity index (χ1n) is 6.89. The van der Waals surface area contributed by atoms with Crippen molar-refractivity contribution >= 4 is 12.2 Å². The van der Waals surface area contributed by atoms with Gasteiger partial charge in [0.15, 0.2) is 0 Å². The fourth-order valence-electron chi connectivity index (χ4n) is 2.35. The van der Waals surface area contributed by atoms with Gasteiger partial charge < -0.3 is 10.6 Å². The highest BCUT2D eigenvalue weighted by molar-refractivity contribution is 5.55. The summed E-state index contributed by atoms with van der Waals surface area (Å²) in [6.45, 7) is 1.93. The predicted octanol–water partition coefficient (Wildman–Crippen LogP) is 3.52. The van der Waals surface area contributed by atoms with E-state index in [0.717, 1.165) is 13.1 Å². The molecule has 0 fully saturated rings. The fourth-order valence-corrected chi connectivity index (χ4v) is 2.35. The summed E-state index contributed by atoms with van der Waals surface area (Å²) in [6.07, 6.45) is 8.17. The number of benzene rings is 2. The van der Waals surface area contributed by atoms with Gasteiger partial charge in [0.1, 0.15) is 0 Å². The molecule has 2 N–H and O–H groups in total. The zero-order valence-corrected chi connectivity index (χ0v) is 11.3. The van der Waals surface area contributed by atoms with E-state index in [2.05, 4.69) is 71.3 Å². The van der Waals surface area contributed by atoms with Crippen molar-refractivity contribution in [2.45, 2.75) is 13.1 Å². The van der Waals surface area contributed by atoms with E-state index in [1.807, 2.05) is 12.4 Å². The largest absolute Gasteiger partial charge is 0.387 e. The highest BCUT2D eigenvalue weighted by Gasteiger charge is 2.00. The zero-order chi connectivity index (χ0) is 13.6. The lowest BCUT2D eigenvalue weighted by Crippen LogP contribution is -2.09. The molecule has 100 valence electrons. The molecule has 0 saturated carbocycles. The minimum Gasteiger partial charge on any atom is -0.387 e. The van der Waals surface area contributed by atoms with E-state index in [-0.39, 0.29) is 0 Å².